The van der Waals surface area contributed by atoms with Crippen LogP contribution in [0.2, 0.25) is 0 Å². The summed E-state index contributed by atoms with van der Waals surface area (Å²) >= 11 is 0. The van der Waals surface area contributed by atoms with Crippen molar-refractivity contribution in [2.75, 3.05) is 32.8 Å². The molecule has 1 aromatic heterocycles. The molecular weight excluding hydrogens is 340 g/mol. The number of aliphatic imine (C=N–C) groups is 1. The summed E-state index contributed by atoms with van der Waals surface area (Å²) in [6.45, 7) is 7.48. The van der Waals surface area contributed by atoms with Crippen LogP contribution in [0.5, 0.6) is 5.88 Å². The predicted octanol–water partition coefficient (Wildman–Crippen LogP) is 2.98. The van der Waals surface area contributed by atoms with Gasteiger partial charge in [-0.2, -0.15) is 0 Å². The molecule has 1 spiro atoms. The average Bonchev–Trinajstić information content (AvgIpc) is 3.44. The van der Waals surface area contributed by atoms with Crippen molar-refractivity contribution in [3.8, 4) is 5.88 Å². The smallest absolute Gasteiger partial charge is 0.218 e. The first-order valence-electron chi connectivity index (χ1n) is 10.5. The number of likely N-dealkylation sites (tertiary alicyclic amines) is 1. The summed E-state index contributed by atoms with van der Waals surface area (Å²) in [7, 11) is 0. The molecule has 2 saturated heterocycles. The van der Waals surface area contributed by atoms with Gasteiger partial charge in [0.15, 0.2) is 5.96 Å². The highest BCUT2D eigenvalue weighted by Gasteiger charge is 2.42. The Morgan fingerprint density at radius 3 is 3.07 bits per heavy atom. The van der Waals surface area contributed by atoms with Crippen LogP contribution in [0.15, 0.2) is 23.3 Å². The van der Waals surface area contributed by atoms with Crippen LogP contribution in [0.4, 0.5) is 0 Å². The van der Waals surface area contributed by atoms with Crippen molar-refractivity contribution in [3.05, 3.63) is 23.9 Å². The van der Waals surface area contributed by atoms with E-state index in [1.165, 1.54) is 25.7 Å². The molecule has 3 fully saturated rings. The van der Waals surface area contributed by atoms with Crippen molar-refractivity contribution < 1.29 is 9.47 Å². The molecule has 1 N–H and O–H groups in total. The van der Waals surface area contributed by atoms with Crippen LogP contribution in [0, 0.1) is 5.41 Å². The quantitative estimate of drug-likeness (QED) is 0.636. The number of guanidine groups is 1. The molecule has 27 heavy (non-hydrogen) atoms. The Bertz CT molecular complexity index is 651. The lowest BCUT2D eigenvalue weighted by Gasteiger charge is -2.25. The molecule has 3 heterocycles. The standard InChI is InChI=1S/C21H32N4O2/c1-2-22-20(25-12-9-21(15-25)10-13-26-16-21)24-14-17-6-5-11-23-19(17)27-18-7-3-4-8-18/h5-6,11,18H,2-4,7-10,12-16H2,1H3,(H,22,24). The SMILES string of the molecule is CCNC(=NCc1cccnc1OC1CCCC1)N1CCC2(CCOC2)C1. The van der Waals surface area contributed by atoms with Crippen molar-refractivity contribution in [1.82, 2.24) is 15.2 Å². The fourth-order valence-corrected chi connectivity index (χ4v) is 4.49. The maximum Gasteiger partial charge on any atom is 0.218 e. The van der Waals surface area contributed by atoms with E-state index in [0.717, 1.165) is 63.1 Å². The monoisotopic (exact) mass is 372 g/mol. The van der Waals surface area contributed by atoms with Gasteiger partial charge in [0.1, 0.15) is 6.10 Å². The summed E-state index contributed by atoms with van der Waals surface area (Å²) in [6, 6.07) is 4.06. The lowest BCUT2D eigenvalue weighted by molar-refractivity contribution is 0.156. The molecule has 4 rings (SSSR count). The fourth-order valence-electron chi connectivity index (χ4n) is 4.49. The summed E-state index contributed by atoms with van der Waals surface area (Å²) in [5.41, 5.74) is 1.40. The van der Waals surface area contributed by atoms with E-state index < -0.39 is 0 Å². The zero-order chi connectivity index (χ0) is 18.5. The molecule has 6 nitrogen and oxygen atoms in total. The number of hydrogen-bond donors (Lipinski definition) is 1. The fraction of sp³-hybridized carbons (Fsp3) is 0.714. The van der Waals surface area contributed by atoms with Crippen LogP contribution in [0.25, 0.3) is 0 Å². The van der Waals surface area contributed by atoms with E-state index in [1.807, 2.05) is 12.3 Å². The second-order valence-electron chi connectivity index (χ2n) is 8.14. The van der Waals surface area contributed by atoms with Gasteiger partial charge in [-0.1, -0.05) is 6.07 Å². The van der Waals surface area contributed by atoms with Gasteiger partial charge in [-0.3, -0.25) is 0 Å². The van der Waals surface area contributed by atoms with Gasteiger partial charge in [0.25, 0.3) is 0 Å². The lowest BCUT2D eigenvalue weighted by Crippen LogP contribution is -2.41. The molecule has 2 aliphatic heterocycles. The zero-order valence-corrected chi connectivity index (χ0v) is 16.5. The van der Waals surface area contributed by atoms with Gasteiger partial charge in [-0.15, -0.1) is 0 Å². The minimum Gasteiger partial charge on any atom is -0.474 e. The largest absolute Gasteiger partial charge is 0.474 e. The maximum atomic E-state index is 6.17. The molecular formula is C21H32N4O2. The highest BCUT2D eigenvalue weighted by atomic mass is 16.5. The van der Waals surface area contributed by atoms with E-state index in [0.29, 0.717) is 18.1 Å². The number of aromatic nitrogens is 1. The van der Waals surface area contributed by atoms with Crippen molar-refractivity contribution in [2.45, 2.75) is 58.1 Å². The number of rotatable bonds is 5. The van der Waals surface area contributed by atoms with Gasteiger partial charge < -0.3 is 19.7 Å². The van der Waals surface area contributed by atoms with Crippen LogP contribution in [-0.2, 0) is 11.3 Å². The van der Waals surface area contributed by atoms with E-state index >= 15 is 0 Å². The van der Waals surface area contributed by atoms with Crippen molar-refractivity contribution in [2.24, 2.45) is 10.4 Å². The molecule has 0 aromatic carbocycles. The number of nitrogens with zero attached hydrogens (tertiary/aromatic N) is 3. The van der Waals surface area contributed by atoms with Crippen molar-refractivity contribution >= 4 is 5.96 Å². The molecule has 0 amide bonds. The van der Waals surface area contributed by atoms with E-state index in [1.54, 1.807) is 0 Å². The van der Waals surface area contributed by atoms with Crippen LogP contribution in [0.3, 0.4) is 0 Å². The van der Waals surface area contributed by atoms with Crippen molar-refractivity contribution in [1.29, 1.82) is 0 Å². The average molecular weight is 373 g/mol. The molecule has 3 aliphatic rings. The summed E-state index contributed by atoms with van der Waals surface area (Å²) in [4.78, 5) is 11.8. The molecule has 6 heteroatoms. The van der Waals surface area contributed by atoms with Gasteiger partial charge in [0.05, 0.1) is 13.2 Å². The molecule has 148 valence electrons. The van der Waals surface area contributed by atoms with Gasteiger partial charge in [0, 0.05) is 43.4 Å². The summed E-state index contributed by atoms with van der Waals surface area (Å²) in [5.74, 6) is 1.75. The molecule has 1 aliphatic carbocycles. The van der Waals surface area contributed by atoms with E-state index in [9.17, 15) is 0 Å². The van der Waals surface area contributed by atoms with E-state index in [2.05, 4.69) is 28.2 Å². The first-order chi connectivity index (χ1) is 13.3. The van der Waals surface area contributed by atoms with Crippen LogP contribution >= 0.6 is 0 Å². The molecule has 1 unspecified atom stereocenters. The third-order valence-corrected chi connectivity index (χ3v) is 6.09. The normalized spacial score (nSPS) is 26.3. The predicted molar refractivity (Wildman–Crippen MR) is 106 cm³/mol. The Morgan fingerprint density at radius 2 is 2.30 bits per heavy atom. The second-order valence-corrected chi connectivity index (χ2v) is 8.14. The van der Waals surface area contributed by atoms with Crippen LogP contribution in [0.1, 0.15) is 51.0 Å². The number of pyridine rings is 1. The van der Waals surface area contributed by atoms with Gasteiger partial charge in [0.2, 0.25) is 5.88 Å². The minimum absolute atomic E-state index is 0.316. The Balaban J connectivity index is 1.44. The summed E-state index contributed by atoms with van der Waals surface area (Å²) in [6.07, 6.45) is 9.29. The highest BCUT2D eigenvalue weighted by Crippen LogP contribution is 2.38. The lowest BCUT2D eigenvalue weighted by atomic mass is 9.87. The third-order valence-electron chi connectivity index (χ3n) is 6.09. The minimum atomic E-state index is 0.316. The third kappa shape index (κ3) is 4.37. The highest BCUT2D eigenvalue weighted by molar-refractivity contribution is 5.80. The topological polar surface area (TPSA) is 59.0 Å². The number of ether oxygens (including phenoxy) is 2. The summed E-state index contributed by atoms with van der Waals surface area (Å²) < 4.78 is 11.8. The van der Waals surface area contributed by atoms with Gasteiger partial charge in [-0.05, 0) is 51.5 Å². The first-order valence-corrected chi connectivity index (χ1v) is 10.5. The summed E-state index contributed by atoms with van der Waals surface area (Å²) in [5, 5.41) is 3.47. The molecule has 1 saturated carbocycles. The van der Waals surface area contributed by atoms with Crippen molar-refractivity contribution in [3.63, 3.8) is 0 Å². The van der Waals surface area contributed by atoms with E-state index in [-0.39, 0.29) is 0 Å². The van der Waals surface area contributed by atoms with Gasteiger partial charge in [-0.25, -0.2) is 9.98 Å². The Kier molecular flexibility index (Phi) is 5.81. The van der Waals surface area contributed by atoms with E-state index in [4.69, 9.17) is 14.5 Å². The second kappa shape index (κ2) is 8.46. The van der Waals surface area contributed by atoms with Crippen LogP contribution < -0.4 is 10.1 Å². The molecule has 1 atom stereocenters. The molecule has 0 bridgehead atoms. The van der Waals surface area contributed by atoms with Crippen LogP contribution in [-0.4, -0.2) is 54.8 Å². The number of hydrogen-bond acceptors (Lipinski definition) is 4. The Morgan fingerprint density at radius 1 is 1.41 bits per heavy atom. The maximum absolute atomic E-state index is 6.17. The Labute approximate surface area is 162 Å². The first kappa shape index (κ1) is 18.5. The van der Waals surface area contributed by atoms with Gasteiger partial charge >= 0.3 is 0 Å². The Hall–Kier alpha value is -1.82. The zero-order valence-electron chi connectivity index (χ0n) is 16.5. The number of nitrogens with one attached hydrogen (secondary N) is 1. The molecule has 1 aromatic rings. The molecule has 0 radical (unpaired) electrons.